The first-order chi connectivity index (χ1) is 55.3. The van der Waals surface area contributed by atoms with Gasteiger partial charge in [0.25, 0.3) is 0 Å². The van der Waals surface area contributed by atoms with E-state index in [2.05, 4.69) is 432 Å². The molecule has 22 aromatic rings. The number of aromatic nitrogens is 4. The van der Waals surface area contributed by atoms with Crippen LogP contribution >= 0.6 is 0 Å². The molecule has 4 nitrogen and oxygen atoms in total. The van der Waals surface area contributed by atoms with Crippen molar-refractivity contribution in [2.75, 3.05) is 0 Å². The van der Waals surface area contributed by atoms with Gasteiger partial charge in [-0.1, -0.05) is 293 Å². The van der Waals surface area contributed by atoms with Crippen LogP contribution in [0.4, 0.5) is 0 Å². The lowest BCUT2D eigenvalue weighted by molar-refractivity contribution is 0.660. The molecule has 4 heteroatoms. The van der Waals surface area contributed by atoms with Crippen LogP contribution < -0.4 is 0 Å². The van der Waals surface area contributed by atoms with E-state index in [1.165, 1.54) is 204 Å². The Morgan fingerprint density at radius 1 is 0.179 bits per heavy atom. The zero-order valence-electron chi connectivity index (χ0n) is 61.9. The molecule has 0 N–H and O–H groups in total. The summed E-state index contributed by atoms with van der Waals surface area (Å²) in [7, 11) is 0. The lowest BCUT2D eigenvalue weighted by Crippen LogP contribution is -2.28. The van der Waals surface area contributed by atoms with Crippen LogP contribution in [0, 0.1) is 0 Å². The largest absolute Gasteiger partial charge is 0.309 e. The Labute approximate surface area is 648 Å². The number of para-hydroxylation sites is 4. The molecule has 0 fully saturated rings. The molecule has 0 bridgehead atoms. The zero-order valence-corrected chi connectivity index (χ0v) is 61.9. The van der Waals surface area contributed by atoms with E-state index in [1.807, 2.05) is 0 Å². The number of benzene rings is 18. The van der Waals surface area contributed by atoms with Crippen LogP contribution in [0.3, 0.4) is 0 Å². The van der Waals surface area contributed by atoms with Gasteiger partial charge in [-0.2, -0.15) is 0 Å². The van der Waals surface area contributed by atoms with Crippen molar-refractivity contribution in [3.63, 3.8) is 0 Å². The normalized spacial score (nSPS) is 13.2. The molecule has 18 aromatic carbocycles. The first-order valence-electron chi connectivity index (χ1n) is 39.0. The van der Waals surface area contributed by atoms with Crippen LogP contribution in [0.5, 0.6) is 0 Å². The summed E-state index contributed by atoms with van der Waals surface area (Å²) in [5, 5.41) is 15.1. The fraction of sp³-hybridized carbons (Fsp3) is 0.0370. The average molecular weight is 1430 g/mol. The monoisotopic (exact) mass is 1420 g/mol. The van der Waals surface area contributed by atoms with E-state index < -0.39 is 5.41 Å². The molecule has 2 aliphatic carbocycles. The fourth-order valence-electron chi connectivity index (χ4n) is 19.8. The maximum atomic E-state index is 2.47. The highest BCUT2D eigenvalue weighted by molar-refractivity contribution is 6.15. The molecule has 2 aliphatic rings. The van der Waals surface area contributed by atoms with Gasteiger partial charge < -0.3 is 18.3 Å². The van der Waals surface area contributed by atoms with E-state index in [4.69, 9.17) is 0 Å². The number of hydrogen-bond acceptors (Lipinski definition) is 0. The molecule has 0 saturated carbocycles. The van der Waals surface area contributed by atoms with E-state index in [-0.39, 0.29) is 5.41 Å². The van der Waals surface area contributed by atoms with Gasteiger partial charge in [-0.15, -0.1) is 0 Å². The molecule has 0 radical (unpaired) electrons. The average Bonchev–Trinajstić information content (AvgIpc) is 1.54. The first kappa shape index (κ1) is 63.7. The van der Waals surface area contributed by atoms with Gasteiger partial charge in [-0.3, -0.25) is 0 Å². The second-order valence-corrected chi connectivity index (χ2v) is 31.1. The van der Waals surface area contributed by atoms with Crippen LogP contribution in [0.1, 0.15) is 47.2 Å². The van der Waals surface area contributed by atoms with Gasteiger partial charge in [-0.25, -0.2) is 0 Å². The second kappa shape index (κ2) is 24.6. The Hall–Kier alpha value is -14.3. The molecular weight excluding hydrogens is 1350 g/mol. The third kappa shape index (κ3) is 9.42. The molecular formula is C108H72N4. The van der Waals surface area contributed by atoms with Gasteiger partial charge in [0.15, 0.2) is 0 Å². The molecule has 524 valence electrons. The third-order valence-electron chi connectivity index (χ3n) is 24.9. The summed E-state index contributed by atoms with van der Waals surface area (Å²) in [5.41, 5.74) is 32.0. The van der Waals surface area contributed by atoms with Crippen LogP contribution in [-0.2, 0) is 10.8 Å². The van der Waals surface area contributed by atoms with Crippen molar-refractivity contribution >= 4 is 109 Å². The summed E-state index contributed by atoms with van der Waals surface area (Å²) >= 11 is 0. The molecule has 0 spiro atoms. The van der Waals surface area contributed by atoms with Crippen LogP contribution in [0.15, 0.2) is 400 Å². The second-order valence-electron chi connectivity index (χ2n) is 31.1. The lowest BCUT2D eigenvalue weighted by atomic mass is 9.67. The molecule has 4 aromatic heterocycles. The highest BCUT2D eigenvalue weighted by atomic mass is 15.0. The zero-order chi connectivity index (χ0) is 73.9. The van der Waals surface area contributed by atoms with Crippen molar-refractivity contribution in [3.05, 3.63) is 434 Å². The summed E-state index contributed by atoms with van der Waals surface area (Å²) in [6.45, 7) is 4.71. The topological polar surface area (TPSA) is 19.7 Å². The first-order valence-corrected chi connectivity index (χ1v) is 39.0. The van der Waals surface area contributed by atoms with E-state index in [0.29, 0.717) is 0 Å². The number of hydrogen-bond donors (Lipinski definition) is 0. The quantitative estimate of drug-likeness (QED) is 0.144. The molecule has 0 saturated heterocycles. The van der Waals surface area contributed by atoms with E-state index in [1.54, 1.807) is 0 Å². The van der Waals surface area contributed by atoms with Crippen molar-refractivity contribution in [2.45, 2.75) is 24.7 Å². The highest BCUT2D eigenvalue weighted by Gasteiger charge is 2.46. The van der Waals surface area contributed by atoms with E-state index in [9.17, 15) is 0 Å². The minimum atomic E-state index is -0.466. The highest BCUT2D eigenvalue weighted by Crippen LogP contribution is 2.57. The Kier molecular flexibility index (Phi) is 14.0. The molecule has 4 heterocycles. The lowest BCUT2D eigenvalue weighted by Gasteiger charge is -2.34. The SMILES string of the molecule is CC1(C)c2ccccc2-c2ccc(-n3c4ccccc4c4cc(-c5ccc6c(c5)c5ccccc5n6-c5ccc6ccccc6c5)ccc43)cc21.c1ccc(C2(c3ccccc3)c3ccccc3-c3ccc(-n4c5ccccc5c5cc(-c6ccc7c(c6)c6ccccc6n7-c6ccc7ccccc7c6)ccc54)cc32)cc1. The summed E-state index contributed by atoms with van der Waals surface area (Å²) in [4.78, 5) is 0. The van der Waals surface area contributed by atoms with Crippen molar-refractivity contribution < 1.29 is 0 Å². The molecule has 24 rings (SSSR count). The molecule has 0 amide bonds. The number of fused-ring (bicyclic) bond motifs is 20. The Balaban J connectivity index is 0.000000136. The Bertz CT molecular complexity index is 7630. The van der Waals surface area contributed by atoms with Crippen molar-refractivity contribution in [2.24, 2.45) is 0 Å². The van der Waals surface area contributed by atoms with E-state index in [0.717, 1.165) is 5.69 Å². The van der Waals surface area contributed by atoms with Gasteiger partial charge in [-0.05, 0) is 221 Å². The van der Waals surface area contributed by atoms with Gasteiger partial charge in [0.1, 0.15) is 0 Å². The van der Waals surface area contributed by atoms with Crippen molar-refractivity contribution in [3.8, 4) is 67.3 Å². The Morgan fingerprint density at radius 3 is 0.875 bits per heavy atom. The summed E-state index contributed by atoms with van der Waals surface area (Å²) in [6, 6.07) is 148. The fourth-order valence-corrected chi connectivity index (χ4v) is 19.8. The van der Waals surface area contributed by atoms with Gasteiger partial charge in [0, 0.05) is 71.3 Å². The number of rotatable bonds is 8. The predicted octanol–water partition coefficient (Wildman–Crippen LogP) is 28.1. The molecule has 112 heavy (non-hydrogen) atoms. The van der Waals surface area contributed by atoms with Gasteiger partial charge in [0.05, 0.1) is 49.5 Å². The van der Waals surface area contributed by atoms with E-state index >= 15 is 0 Å². The Morgan fingerprint density at radius 2 is 0.464 bits per heavy atom. The standard InChI is InChI=1S/C59H38N2.C49H34N2/c1-3-17-43(18-4-1)59(44-19-5-2-6-20-44)53-24-12-9-21-47(53)48-32-31-46(38-54(48)59)61-56-26-14-11-23-50(56)52-37-42(29-34-58(52)61)41-28-33-57-51(36-41)49-22-10-13-25-55(49)60(57)45-30-27-39-15-7-8-16-40(39)35-45;1-49(2)43-16-8-5-13-37(43)38-24-23-36(30-44(38)49)51-46-18-10-7-15-40(46)42-29-34(21-26-48(42)51)33-20-25-47-41(28-33)39-14-6-9-17-45(39)50(47)35-22-19-31-11-3-4-12-32(31)27-35/h1-38H;3-30H,1-2H3. The minimum Gasteiger partial charge on any atom is -0.309 e. The smallest absolute Gasteiger partial charge is 0.0714 e. The summed E-state index contributed by atoms with van der Waals surface area (Å²) < 4.78 is 9.75. The predicted molar refractivity (Wildman–Crippen MR) is 471 cm³/mol. The van der Waals surface area contributed by atoms with Crippen molar-refractivity contribution in [1.82, 2.24) is 18.3 Å². The molecule has 0 atom stereocenters. The third-order valence-corrected chi connectivity index (χ3v) is 24.9. The minimum absolute atomic E-state index is 0.0517. The molecule has 0 aliphatic heterocycles. The summed E-state index contributed by atoms with van der Waals surface area (Å²) in [6.07, 6.45) is 0. The molecule has 0 unspecified atom stereocenters. The van der Waals surface area contributed by atoms with Gasteiger partial charge in [0.2, 0.25) is 0 Å². The summed E-state index contributed by atoms with van der Waals surface area (Å²) in [5.74, 6) is 0. The van der Waals surface area contributed by atoms with Gasteiger partial charge >= 0.3 is 0 Å². The van der Waals surface area contributed by atoms with Crippen LogP contribution in [0.2, 0.25) is 0 Å². The van der Waals surface area contributed by atoms with Crippen molar-refractivity contribution in [1.29, 1.82) is 0 Å². The maximum Gasteiger partial charge on any atom is 0.0714 e. The van der Waals surface area contributed by atoms with Crippen LogP contribution in [0.25, 0.3) is 176 Å². The number of nitrogens with zero attached hydrogens (tertiary/aromatic N) is 4. The van der Waals surface area contributed by atoms with Crippen LogP contribution in [-0.4, -0.2) is 18.3 Å². The maximum absolute atomic E-state index is 2.47.